The van der Waals surface area contributed by atoms with Gasteiger partial charge in [0.25, 0.3) is 0 Å². The molecule has 0 spiro atoms. The summed E-state index contributed by atoms with van der Waals surface area (Å²) in [5.41, 5.74) is 7.36. The minimum Gasteiger partial charge on any atom is -0.399 e. The summed E-state index contributed by atoms with van der Waals surface area (Å²) in [5.74, 6) is -0.319. The highest BCUT2D eigenvalue weighted by Gasteiger charge is 2.19. The van der Waals surface area contributed by atoms with Gasteiger partial charge in [-0.3, -0.25) is 0 Å². The van der Waals surface area contributed by atoms with Crippen LogP contribution in [-0.4, -0.2) is 35.7 Å². The lowest BCUT2D eigenvalue weighted by atomic mass is 10.1. The second-order valence-corrected chi connectivity index (χ2v) is 8.34. The summed E-state index contributed by atoms with van der Waals surface area (Å²) in [5, 5.41) is 0. The first-order valence-corrected chi connectivity index (χ1v) is 9.56. The molecule has 0 saturated carbocycles. The van der Waals surface area contributed by atoms with Crippen LogP contribution in [0.3, 0.4) is 0 Å². The monoisotopic (exact) mass is 335 g/mol. The number of nitrogens with two attached hydrogens (primary N) is 1. The first-order valence-electron chi connectivity index (χ1n) is 6.43. The molecule has 0 aromatic heterocycles. The number of benzene rings is 1. The van der Waals surface area contributed by atoms with Gasteiger partial charge < -0.3 is 5.73 Å². The zero-order valence-electron chi connectivity index (χ0n) is 12.3. The first kappa shape index (κ1) is 17.9. The summed E-state index contributed by atoms with van der Waals surface area (Å²) >= 11 is 0. The maximum absolute atomic E-state index is 12.2. The molecule has 0 bridgehead atoms. The average Bonchev–Trinajstić information content (AvgIpc) is 2.32. The van der Waals surface area contributed by atoms with Crippen molar-refractivity contribution < 1.29 is 16.8 Å². The summed E-state index contributed by atoms with van der Waals surface area (Å²) in [6.45, 7) is 5.16. The summed E-state index contributed by atoms with van der Waals surface area (Å²) in [6, 6.07) is 3.05. The molecule has 0 radical (unpaired) electrons. The van der Waals surface area contributed by atoms with Gasteiger partial charge in [-0.2, -0.15) is 0 Å². The molecule has 0 saturated heterocycles. The van der Waals surface area contributed by atoms with Crippen molar-refractivity contribution >= 4 is 25.7 Å². The van der Waals surface area contributed by atoms with E-state index in [2.05, 4.69) is 9.44 Å². The minimum absolute atomic E-state index is 0.0702. The van der Waals surface area contributed by atoms with Crippen molar-refractivity contribution in [3.8, 4) is 0 Å². The van der Waals surface area contributed by atoms with Crippen molar-refractivity contribution in [3.05, 3.63) is 23.3 Å². The molecule has 21 heavy (non-hydrogen) atoms. The molecule has 0 amide bonds. The van der Waals surface area contributed by atoms with Crippen molar-refractivity contribution in [3.63, 3.8) is 0 Å². The van der Waals surface area contributed by atoms with E-state index in [1.54, 1.807) is 26.8 Å². The maximum Gasteiger partial charge on any atom is 0.240 e. The molecular formula is C12H21N3O4S2. The largest absolute Gasteiger partial charge is 0.399 e. The van der Waals surface area contributed by atoms with Crippen molar-refractivity contribution in [1.82, 2.24) is 9.44 Å². The molecule has 0 aliphatic rings. The maximum atomic E-state index is 12.2. The van der Waals surface area contributed by atoms with Gasteiger partial charge in [-0.15, -0.1) is 0 Å². The molecule has 4 N–H and O–H groups in total. The number of hydrogen-bond donors (Lipinski definition) is 3. The molecule has 0 aliphatic carbocycles. The van der Waals surface area contributed by atoms with Crippen molar-refractivity contribution in [1.29, 1.82) is 0 Å². The van der Waals surface area contributed by atoms with Gasteiger partial charge in [0, 0.05) is 18.8 Å². The predicted octanol–water partition coefficient (Wildman–Crippen LogP) is 0.103. The van der Waals surface area contributed by atoms with Crippen LogP contribution in [0.2, 0.25) is 0 Å². The van der Waals surface area contributed by atoms with Crippen LogP contribution in [0.4, 0.5) is 5.69 Å². The summed E-state index contributed by atoms with van der Waals surface area (Å²) in [4.78, 5) is 0.0702. The second kappa shape index (κ2) is 6.73. The molecule has 0 fully saturated rings. The van der Waals surface area contributed by atoms with E-state index in [0.717, 1.165) is 5.56 Å². The van der Waals surface area contributed by atoms with E-state index in [0.29, 0.717) is 11.3 Å². The zero-order valence-corrected chi connectivity index (χ0v) is 13.9. The van der Waals surface area contributed by atoms with Gasteiger partial charge in [0.15, 0.2) is 0 Å². The first-order chi connectivity index (χ1) is 9.59. The van der Waals surface area contributed by atoms with E-state index in [1.165, 1.54) is 6.07 Å². The highest BCUT2D eigenvalue weighted by molar-refractivity contribution is 7.90. The second-order valence-electron chi connectivity index (χ2n) is 4.68. The quantitative estimate of drug-likeness (QED) is 0.611. The van der Waals surface area contributed by atoms with Crippen LogP contribution in [0.1, 0.15) is 18.1 Å². The van der Waals surface area contributed by atoms with Gasteiger partial charge in [-0.1, -0.05) is 6.92 Å². The normalized spacial score (nSPS) is 12.5. The number of sulfonamides is 2. The fraction of sp³-hybridized carbons (Fsp3) is 0.500. The number of aryl methyl sites for hydroxylation is 1. The highest BCUT2D eigenvalue weighted by atomic mass is 32.2. The van der Waals surface area contributed by atoms with Crippen molar-refractivity contribution in [2.75, 3.05) is 24.6 Å². The Bertz CT molecular complexity index is 712. The topological polar surface area (TPSA) is 118 Å². The van der Waals surface area contributed by atoms with Crippen LogP contribution < -0.4 is 15.2 Å². The molecule has 0 atom stereocenters. The van der Waals surface area contributed by atoms with Crippen LogP contribution in [-0.2, 0) is 20.0 Å². The molecule has 9 heteroatoms. The summed E-state index contributed by atoms with van der Waals surface area (Å²) in [7, 11) is -7.26. The third-order valence-corrected chi connectivity index (χ3v) is 6.02. The molecule has 0 heterocycles. The van der Waals surface area contributed by atoms with Crippen LogP contribution in [0, 0.1) is 13.8 Å². The molecule has 120 valence electrons. The standard InChI is InChI=1S/C12H21N3O4S2/c1-4-14-20(16,17)6-5-15-21(18,19)12-8-11(13)7-9(2)10(12)3/h7-8,14-15H,4-6,13H2,1-3H3. The Kier molecular flexibility index (Phi) is 5.74. The summed E-state index contributed by atoms with van der Waals surface area (Å²) < 4.78 is 51.9. The van der Waals surface area contributed by atoms with E-state index >= 15 is 0 Å². The minimum atomic E-state index is -3.80. The molecule has 1 rings (SSSR count). The Morgan fingerprint density at radius 1 is 1.10 bits per heavy atom. The highest BCUT2D eigenvalue weighted by Crippen LogP contribution is 2.22. The van der Waals surface area contributed by atoms with Gasteiger partial charge >= 0.3 is 0 Å². The zero-order chi connectivity index (χ0) is 16.3. The summed E-state index contributed by atoms with van der Waals surface area (Å²) in [6.07, 6.45) is 0. The molecular weight excluding hydrogens is 314 g/mol. The van der Waals surface area contributed by atoms with Gasteiger partial charge in [0.05, 0.1) is 10.6 Å². The SMILES string of the molecule is CCNS(=O)(=O)CCNS(=O)(=O)c1cc(N)cc(C)c1C. The molecule has 7 nitrogen and oxygen atoms in total. The predicted molar refractivity (Wildman–Crippen MR) is 83.0 cm³/mol. The molecule has 1 aromatic rings. The van der Waals surface area contributed by atoms with Gasteiger partial charge in [0.1, 0.15) is 0 Å². The van der Waals surface area contributed by atoms with Crippen molar-refractivity contribution in [2.24, 2.45) is 0 Å². The van der Waals surface area contributed by atoms with E-state index in [-0.39, 0.29) is 23.7 Å². The van der Waals surface area contributed by atoms with Crippen LogP contribution in [0.25, 0.3) is 0 Å². The van der Waals surface area contributed by atoms with Gasteiger partial charge in [-0.05, 0) is 37.1 Å². The van der Waals surface area contributed by atoms with E-state index < -0.39 is 20.0 Å². The van der Waals surface area contributed by atoms with Crippen LogP contribution >= 0.6 is 0 Å². The Hall–Kier alpha value is -1.16. The third-order valence-electron chi connectivity index (χ3n) is 2.96. The lowest BCUT2D eigenvalue weighted by Crippen LogP contribution is -2.34. The molecule has 0 unspecified atom stereocenters. The Morgan fingerprint density at radius 3 is 2.29 bits per heavy atom. The third kappa shape index (κ3) is 4.95. The van der Waals surface area contributed by atoms with E-state index in [4.69, 9.17) is 5.73 Å². The Balaban J connectivity index is 2.89. The fourth-order valence-corrected chi connectivity index (χ4v) is 4.28. The van der Waals surface area contributed by atoms with E-state index in [1.807, 2.05) is 0 Å². The number of nitrogens with one attached hydrogen (secondary N) is 2. The van der Waals surface area contributed by atoms with Gasteiger partial charge in [0.2, 0.25) is 20.0 Å². The van der Waals surface area contributed by atoms with Crippen molar-refractivity contribution in [2.45, 2.75) is 25.7 Å². The number of nitrogen functional groups attached to an aromatic ring is 1. The number of hydrogen-bond acceptors (Lipinski definition) is 5. The molecule has 0 aliphatic heterocycles. The van der Waals surface area contributed by atoms with Crippen LogP contribution in [0.5, 0.6) is 0 Å². The molecule has 1 aromatic carbocycles. The number of rotatable bonds is 7. The fourth-order valence-electron chi connectivity index (χ4n) is 1.81. The van der Waals surface area contributed by atoms with Gasteiger partial charge in [-0.25, -0.2) is 26.3 Å². The lowest BCUT2D eigenvalue weighted by Gasteiger charge is -2.12. The lowest BCUT2D eigenvalue weighted by molar-refractivity contribution is 0.576. The number of anilines is 1. The Morgan fingerprint density at radius 2 is 1.71 bits per heavy atom. The van der Waals surface area contributed by atoms with E-state index in [9.17, 15) is 16.8 Å². The Labute approximate surface area is 126 Å². The van der Waals surface area contributed by atoms with Crippen LogP contribution in [0.15, 0.2) is 17.0 Å². The average molecular weight is 335 g/mol. The smallest absolute Gasteiger partial charge is 0.240 e.